The standard InChI is InChI=1S/C30H25FN2O4/c1-17-27(30(35)33-22-10-8-21(31)9-11-22)28(19-7-12-25-26(15-19)37-16-36-25)29-23(32-17)13-20(14-24(29)34)18-5-3-2-4-6-18/h2-12,15,20,28,32H,13-14,16H2,1H3,(H,33,35)/t20-,28+/m0/s1. The second-order valence-electron chi connectivity index (χ2n) is 9.50. The molecule has 0 unspecified atom stereocenters. The van der Waals surface area contributed by atoms with Gasteiger partial charge in [0.25, 0.3) is 5.91 Å². The predicted molar refractivity (Wildman–Crippen MR) is 137 cm³/mol. The summed E-state index contributed by atoms with van der Waals surface area (Å²) in [4.78, 5) is 27.4. The summed E-state index contributed by atoms with van der Waals surface area (Å²) in [5, 5.41) is 6.26. The molecule has 0 fully saturated rings. The van der Waals surface area contributed by atoms with Crippen LogP contribution in [0.15, 0.2) is 95.3 Å². The minimum atomic E-state index is -0.588. The summed E-state index contributed by atoms with van der Waals surface area (Å²) in [5.41, 5.74) is 4.90. The molecule has 0 saturated carbocycles. The number of benzene rings is 3. The van der Waals surface area contributed by atoms with Crippen molar-refractivity contribution in [2.45, 2.75) is 31.6 Å². The van der Waals surface area contributed by atoms with E-state index in [0.717, 1.165) is 16.8 Å². The summed E-state index contributed by atoms with van der Waals surface area (Å²) in [6.45, 7) is 1.98. The Morgan fingerprint density at radius 2 is 1.70 bits per heavy atom. The third-order valence-electron chi connectivity index (χ3n) is 7.18. The molecular formula is C30H25FN2O4. The Morgan fingerprint density at radius 1 is 0.946 bits per heavy atom. The smallest absolute Gasteiger partial charge is 0.254 e. The molecule has 3 aromatic carbocycles. The highest BCUT2D eigenvalue weighted by Crippen LogP contribution is 2.47. The molecule has 6 nitrogen and oxygen atoms in total. The van der Waals surface area contributed by atoms with Crippen LogP contribution in [0.3, 0.4) is 0 Å². The molecule has 0 saturated heterocycles. The number of fused-ring (bicyclic) bond motifs is 1. The maximum atomic E-state index is 13.8. The number of ether oxygens (including phenoxy) is 2. The summed E-state index contributed by atoms with van der Waals surface area (Å²) in [6.07, 6.45) is 1.02. The summed E-state index contributed by atoms with van der Waals surface area (Å²) in [5.74, 6) is -0.0612. The Balaban J connectivity index is 1.42. The first-order valence-corrected chi connectivity index (χ1v) is 12.2. The zero-order valence-corrected chi connectivity index (χ0v) is 20.2. The second kappa shape index (κ2) is 9.24. The Bertz CT molecular complexity index is 1460. The quantitative estimate of drug-likeness (QED) is 0.495. The molecule has 0 bridgehead atoms. The first kappa shape index (κ1) is 23.0. The van der Waals surface area contributed by atoms with Crippen molar-refractivity contribution in [3.63, 3.8) is 0 Å². The van der Waals surface area contributed by atoms with Crippen LogP contribution in [0.1, 0.15) is 42.7 Å². The summed E-state index contributed by atoms with van der Waals surface area (Å²) < 4.78 is 24.5. The number of nitrogens with one attached hydrogen (secondary N) is 2. The lowest BCUT2D eigenvalue weighted by atomic mass is 9.71. The number of carbonyl (C=O) groups excluding carboxylic acids is 2. The average molecular weight is 497 g/mol. The third-order valence-corrected chi connectivity index (χ3v) is 7.18. The Kier molecular flexibility index (Phi) is 5.75. The van der Waals surface area contributed by atoms with Gasteiger partial charge in [-0.2, -0.15) is 0 Å². The molecule has 0 aromatic heterocycles. The average Bonchev–Trinajstić information content (AvgIpc) is 3.37. The Labute approximate surface area is 213 Å². The number of ketones is 1. The molecule has 1 amide bonds. The number of hydrogen-bond acceptors (Lipinski definition) is 5. The van der Waals surface area contributed by atoms with Gasteiger partial charge in [-0.15, -0.1) is 0 Å². The van der Waals surface area contributed by atoms with E-state index in [2.05, 4.69) is 10.6 Å². The number of halogens is 1. The monoisotopic (exact) mass is 496 g/mol. The molecule has 2 aliphatic heterocycles. The van der Waals surface area contributed by atoms with Crippen LogP contribution in [0, 0.1) is 5.82 Å². The van der Waals surface area contributed by atoms with Crippen LogP contribution in [0.5, 0.6) is 11.5 Å². The minimum Gasteiger partial charge on any atom is -0.454 e. The lowest BCUT2D eigenvalue weighted by Crippen LogP contribution is -2.37. The van der Waals surface area contributed by atoms with Gasteiger partial charge in [0.1, 0.15) is 5.82 Å². The molecule has 0 spiro atoms. The molecule has 2 heterocycles. The SMILES string of the molecule is CC1=C(C(=O)Nc2ccc(F)cc2)[C@@H](c2ccc3c(c2)OCO3)C2=C(C[C@H](c3ccccc3)CC2=O)N1. The van der Waals surface area contributed by atoms with Crippen molar-refractivity contribution in [2.75, 3.05) is 12.1 Å². The number of amides is 1. The topological polar surface area (TPSA) is 76.7 Å². The van der Waals surface area contributed by atoms with E-state index in [4.69, 9.17) is 9.47 Å². The highest BCUT2D eigenvalue weighted by atomic mass is 19.1. The van der Waals surface area contributed by atoms with E-state index in [1.54, 1.807) is 0 Å². The van der Waals surface area contributed by atoms with E-state index in [-0.39, 0.29) is 30.2 Å². The van der Waals surface area contributed by atoms with Crippen molar-refractivity contribution in [3.05, 3.63) is 112 Å². The fourth-order valence-corrected chi connectivity index (χ4v) is 5.46. The molecule has 37 heavy (non-hydrogen) atoms. The summed E-state index contributed by atoms with van der Waals surface area (Å²) in [6, 6.07) is 21.2. The second-order valence-corrected chi connectivity index (χ2v) is 9.50. The van der Waals surface area contributed by atoms with E-state index in [1.807, 2.05) is 55.5 Å². The number of anilines is 1. The minimum absolute atomic E-state index is 0.00449. The fourth-order valence-electron chi connectivity index (χ4n) is 5.46. The van der Waals surface area contributed by atoms with Crippen LogP contribution in [0.25, 0.3) is 0 Å². The van der Waals surface area contributed by atoms with Gasteiger partial charge < -0.3 is 20.1 Å². The first-order chi connectivity index (χ1) is 18.0. The van der Waals surface area contributed by atoms with Crippen molar-refractivity contribution in [1.29, 1.82) is 0 Å². The molecule has 186 valence electrons. The van der Waals surface area contributed by atoms with Crippen molar-refractivity contribution in [3.8, 4) is 11.5 Å². The van der Waals surface area contributed by atoms with Gasteiger partial charge in [-0.1, -0.05) is 36.4 Å². The normalized spacial score (nSPS) is 20.4. The molecule has 7 heteroatoms. The number of carbonyl (C=O) groups is 2. The van der Waals surface area contributed by atoms with Crippen molar-refractivity contribution in [2.24, 2.45) is 0 Å². The summed E-state index contributed by atoms with van der Waals surface area (Å²) in [7, 11) is 0. The lowest BCUT2D eigenvalue weighted by Gasteiger charge is -2.37. The predicted octanol–water partition coefficient (Wildman–Crippen LogP) is 5.55. The van der Waals surface area contributed by atoms with Crippen molar-refractivity contribution in [1.82, 2.24) is 5.32 Å². The molecule has 3 aliphatic rings. The third kappa shape index (κ3) is 4.27. The van der Waals surface area contributed by atoms with Gasteiger partial charge in [-0.05, 0) is 66.8 Å². The van der Waals surface area contributed by atoms with Gasteiger partial charge in [0.05, 0.1) is 0 Å². The van der Waals surface area contributed by atoms with E-state index in [1.165, 1.54) is 24.3 Å². The van der Waals surface area contributed by atoms with E-state index < -0.39 is 5.92 Å². The van der Waals surface area contributed by atoms with Crippen LogP contribution in [0.4, 0.5) is 10.1 Å². The maximum absolute atomic E-state index is 13.8. The zero-order valence-electron chi connectivity index (χ0n) is 20.2. The maximum Gasteiger partial charge on any atom is 0.254 e. The molecule has 2 atom stereocenters. The van der Waals surface area contributed by atoms with Gasteiger partial charge in [0.15, 0.2) is 17.3 Å². The highest BCUT2D eigenvalue weighted by molar-refractivity contribution is 6.10. The molecule has 0 radical (unpaired) electrons. The van der Waals surface area contributed by atoms with Crippen LogP contribution >= 0.6 is 0 Å². The van der Waals surface area contributed by atoms with Crippen LogP contribution in [-0.2, 0) is 9.59 Å². The number of dihydropyridines is 1. The molecule has 1 aliphatic carbocycles. The fraction of sp³-hybridized carbons (Fsp3) is 0.200. The zero-order chi connectivity index (χ0) is 25.5. The van der Waals surface area contributed by atoms with E-state index >= 15 is 0 Å². The van der Waals surface area contributed by atoms with Crippen LogP contribution < -0.4 is 20.1 Å². The number of Topliss-reactive ketones (excluding diaryl/α,β-unsaturated/α-hetero) is 1. The number of hydrogen-bond donors (Lipinski definition) is 2. The summed E-state index contributed by atoms with van der Waals surface area (Å²) >= 11 is 0. The van der Waals surface area contributed by atoms with Crippen LogP contribution in [-0.4, -0.2) is 18.5 Å². The van der Waals surface area contributed by atoms with Crippen LogP contribution in [0.2, 0.25) is 0 Å². The van der Waals surface area contributed by atoms with Gasteiger partial charge in [0.2, 0.25) is 6.79 Å². The molecule has 3 aromatic rings. The Hall–Kier alpha value is -4.39. The van der Waals surface area contributed by atoms with Crippen molar-refractivity contribution < 1.29 is 23.5 Å². The largest absolute Gasteiger partial charge is 0.454 e. The van der Waals surface area contributed by atoms with E-state index in [9.17, 15) is 14.0 Å². The molecule has 6 rings (SSSR count). The van der Waals surface area contributed by atoms with Gasteiger partial charge in [-0.3, -0.25) is 9.59 Å². The van der Waals surface area contributed by atoms with Gasteiger partial charge in [0, 0.05) is 40.6 Å². The van der Waals surface area contributed by atoms with Gasteiger partial charge >= 0.3 is 0 Å². The number of allylic oxidation sites excluding steroid dienone is 3. The van der Waals surface area contributed by atoms with Gasteiger partial charge in [-0.25, -0.2) is 4.39 Å². The Morgan fingerprint density at radius 3 is 2.49 bits per heavy atom. The first-order valence-electron chi connectivity index (χ1n) is 12.2. The molecular weight excluding hydrogens is 471 g/mol. The highest BCUT2D eigenvalue weighted by Gasteiger charge is 2.41. The lowest BCUT2D eigenvalue weighted by molar-refractivity contribution is -0.116. The molecule has 2 N–H and O–H groups in total. The van der Waals surface area contributed by atoms with Crippen molar-refractivity contribution >= 4 is 17.4 Å². The number of rotatable bonds is 4. The van der Waals surface area contributed by atoms with E-state index in [0.29, 0.717) is 46.9 Å².